The van der Waals surface area contributed by atoms with Crippen LogP contribution in [0.1, 0.15) is 25.6 Å². The Hall–Kier alpha value is -2.63. The minimum absolute atomic E-state index is 0.184. The van der Waals surface area contributed by atoms with E-state index in [9.17, 15) is 4.79 Å². The molecule has 136 valence electrons. The summed E-state index contributed by atoms with van der Waals surface area (Å²) in [7, 11) is 0. The predicted octanol–water partition coefficient (Wildman–Crippen LogP) is 2.73. The number of likely N-dealkylation sites (tertiary alicyclic amines) is 1. The minimum Gasteiger partial charge on any atom is -0.341 e. The van der Waals surface area contributed by atoms with Crippen molar-refractivity contribution in [3.63, 3.8) is 0 Å². The van der Waals surface area contributed by atoms with Crippen molar-refractivity contribution in [2.75, 3.05) is 13.1 Å². The number of hydrogen-bond acceptors (Lipinski definition) is 3. The van der Waals surface area contributed by atoms with E-state index in [0.29, 0.717) is 12.5 Å². The molecule has 1 amide bonds. The monoisotopic (exact) mass is 351 g/mol. The number of para-hydroxylation sites is 2. The standard InChI is InChI=1S/C20H25N5O/c1-2-19-21-9-12-24(19)13-16-7-10-23(11-8-16)20(26)14-25-15-22-17-5-3-4-6-18(17)25/h3-6,9,12,15-16H,2,7-8,10-11,13-14H2,1H3. The molecule has 6 nitrogen and oxygen atoms in total. The topological polar surface area (TPSA) is 56.0 Å². The Kier molecular flexibility index (Phi) is 4.73. The highest BCUT2D eigenvalue weighted by atomic mass is 16.2. The Morgan fingerprint density at radius 2 is 1.96 bits per heavy atom. The van der Waals surface area contributed by atoms with E-state index in [1.165, 1.54) is 0 Å². The first-order chi connectivity index (χ1) is 12.7. The average molecular weight is 351 g/mol. The number of aromatic nitrogens is 4. The zero-order chi connectivity index (χ0) is 17.9. The van der Waals surface area contributed by atoms with Crippen molar-refractivity contribution >= 4 is 16.9 Å². The van der Waals surface area contributed by atoms with E-state index in [2.05, 4.69) is 27.7 Å². The van der Waals surface area contributed by atoms with E-state index in [-0.39, 0.29) is 5.91 Å². The highest BCUT2D eigenvalue weighted by molar-refractivity contribution is 5.80. The van der Waals surface area contributed by atoms with Gasteiger partial charge in [-0.15, -0.1) is 0 Å². The van der Waals surface area contributed by atoms with E-state index < -0.39 is 0 Å². The van der Waals surface area contributed by atoms with Gasteiger partial charge in [0.05, 0.1) is 17.4 Å². The molecule has 4 rings (SSSR count). The van der Waals surface area contributed by atoms with Crippen LogP contribution in [0.25, 0.3) is 11.0 Å². The molecule has 0 bridgehead atoms. The number of aryl methyl sites for hydroxylation is 1. The highest BCUT2D eigenvalue weighted by Gasteiger charge is 2.23. The van der Waals surface area contributed by atoms with Gasteiger partial charge in [-0.1, -0.05) is 19.1 Å². The van der Waals surface area contributed by atoms with E-state index >= 15 is 0 Å². The van der Waals surface area contributed by atoms with Gasteiger partial charge in [-0.3, -0.25) is 4.79 Å². The molecule has 2 aromatic heterocycles. The van der Waals surface area contributed by atoms with Crippen LogP contribution in [0, 0.1) is 5.92 Å². The molecule has 0 spiro atoms. The van der Waals surface area contributed by atoms with Crippen molar-refractivity contribution in [2.45, 2.75) is 39.3 Å². The molecule has 3 heterocycles. The third-order valence-electron chi connectivity index (χ3n) is 5.37. The van der Waals surface area contributed by atoms with Crippen LogP contribution in [-0.4, -0.2) is 43.0 Å². The molecule has 1 aliphatic heterocycles. The number of fused-ring (bicyclic) bond motifs is 1. The highest BCUT2D eigenvalue weighted by Crippen LogP contribution is 2.21. The van der Waals surface area contributed by atoms with Crippen molar-refractivity contribution in [1.82, 2.24) is 24.0 Å². The number of hydrogen-bond donors (Lipinski definition) is 0. The second-order valence-electron chi connectivity index (χ2n) is 7.03. The molecule has 0 aliphatic carbocycles. The van der Waals surface area contributed by atoms with Crippen molar-refractivity contribution < 1.29 is 4.79 Å². The SMILES string of the molecule is CCc1nccn1CC1CCN(C(=O)Cn2cnc3ccccc32)CC1. The molecular weight excluding hydrogens is 326 g/mol. The molecule has 0 unspecified atom stereocenters. The molecule has 0 N–H and O–H groups in total. The summed E-state index contributed by atoms with van der Waals surface area (Å²) in [6, 6.07) is 7.94. The molecule has 0 saturated carbocycles. The lowest BCUT2D eigenvalue weighted by atomic mass is 9.96. The number of carbonyl (C=O) groups is 1. The van der Waals surface area contributed by atoms with Crippen molar-refractivity contribution in [3.05, 3.63) is 48.8 Å². The molecule has 0 radical (unpaired) electrons. The van der Waals surface area contributed by atoms with Crippen LogP contribution in [0.4, 0.5) is 0 Å². The molecule has 3 aromatic rings. The van der Waals surface area contributed by atoms with Gasteiger partial charge in [0.25, 0.3) is 0 Å². The van der Waals surface area contributed by atoms with E-state index in [4.69, 9.17) is 0 Å². The number of benzene rings is 1. The Labute approximate surface area is 153 Å². The fourth-order valence-electron chi connectivity index (χ4n) is 3.85. The Morgan fingerprint density at radius 1 is 1.15 bits per heavy atom. The maximum absolute atomic E-state index is 12.7. The summed E-state index contributed by atoms with van der Waals surface area (Å²) in [5.74, 6) is 1.95. The van der Waals surface area contributed by atoms with Gasteiger partial charge in [0.15, 0.2) is 0 Å². The van der Waals surface area contributed by atoms with Crippen LogP contribution in [0.2, 0.25) is 0 Å². The Morgan fingerprint density at radius 3 is 2.77 bits per heavy atom. The van der Waals surface area contributed by atoms with Gasteiger partial charge >= 0.3 is 0 Å². The average Bonchev–Trinajstić information content (AvgIpc) is 3.29. The second kappa shape index (κ2) is 7.32. The summed E-state index contributed by atoms with van der Waals surface area (Å²) < 4.78 is 4.21. The number of rotatable bonds is 5. The van der Waals surface area contributed by atoms with Gasteiger partial charge in [-0.2, -0.15) is 0 Å². The van der Waals surface area contributed by atoms with Gasteiger partial charge in [-0.25, -0.2) is 9.97 Å². The summed E-state index contributed by atoms with van der Waals surface area (Å²) in [5, 5.41) is 0. The number of imidazole rings is 2. The normalized spacial score (nSPS) is 15.7. The lowest BCUT2D eigenvalue weighted by Gasteiger charge is -2.32. The summed E-state index contributed by atoms with van der Waals surface area (Å²) in [6.07, 6.45) is 8.78. The maximum atomic E-state index is 12.7. The summed E-state index contributed by atoms with van der Waals surface area (Å²) >= 11 is 0. The van der Waals surface area contributed by atoms with Gasteiger partial charge < -0.3 is 14.0 Å². The van der Waals surface area contributed by atoms with E-state index in [0.717, 1.165) is 55.8 Å². The van der Waals surface area contributed by atoms with E-state index in [1.54, 1.807) is 6.33 Å². The Balaban J connectivity index is 1.33. The van der Waals surface area contributed by atoms with Gasteiger partial charge in [-0.05, 0) is 30.9 Å². The van der Waals surface area contributed by atoms with Crippen molar-refractivity contribution in [2.24, 2.45) is 5.92 Å². The fourth-order valence-corrected chi connectivity index (χ4v) is 3.85. The first-order valence-corrected chi connectivity index (χ1v) is 9.42. The number of carbonyl (C=O) groups excluding carboxylic acids is 1. The van der Waals surface area contributed by atoms with Gasteiger partial charge in [0.1, 0.15) is 12.4 Å². The smallest absolute Gasteiger partial charge is 0.242 e. The zero-order valence-electron chi connectivity index (χ0n) is 15.2. The molecule has 1 aliphatic rings. The minimum atomic E-state index is 0.184. The summed E-state index contributed by atoms with van der Waals surface area (Å²) in [6.45, 7) is 5.20. The van der Waals surface area contributed by atoms with Gasteiger partial charge in [0.2, 0.25) is 5.91 Å². The zero-order valence-corrected chi connectivity index (χ0v) is 15.2. The number of nitrogens with zero attached hydrogens (tertiary/aromatic N) is 5. The molecular formula is C20H25N5O. The first kappa shape index (κ1) is 16.8. The molecule has 0 atom stereocenters. The van der Waals surface area contributed by atoms with Crippen LogP contribution >= 0.6 is 0 Å². The third kappa shape index (κ3) is 3.36. The fraction of sp³-hybridized carbons (Fsp3) is 0.450. The third-order valence-corrected chi connectivity index (χ3v) is 5.37. The van der Waals surface area contributed by atoms with Crippen LogP contribution in [-0.2, 0) is 24.3 Å². The molecule has 1 saturated heterocycles. The quantitative estimate of drug-likeness (QED) is 0.710. The molecule has 6 heteroatoms. The van der Waals surface area contributed by atoms with Crippen LogP contribution in [0.15, 0.2) is 43.0 Å². The van der Waals surface area contributed by atoms with E-state index in [1.807, 2.05) is 39.9 Å². The largest absolute Gasteiger partial charge is 0.341 e. The molecule has 26 heavy (non-hydrogen) atoms. The van der Waals surface area contributed by atoms with Gasteiger partial charge in [0, 0.05) is 38.4 Å². The number of amides is 1. The molecule has 1 aromatic carbocycles. The second-order valence-corrected chi connectivity index (χ2v) is 7.03. The predicted molar refractivity (Wildman–Crippen MR) is 101 cm³/mol. The van der Waals surface area contributed by atoms with Crippen molar-refractivity contribution in [1.29, 1.82) is 0 Å². The lowest BCUT2D eigenvalue weighted by Crippen LogP contribution is -2.41. The van der Waals surface area contributed by atoms with Crippen LogP contribution < -0.4 is 0 Å². The Bertz CT molecular complexity index is 888. The van der Waals surface area contributed by atoms with Crippen molar-refractivity contribution in [3.8, 4) is 0 Å². The molecule has 1 fully saturated rings. The first-order valence-electron chi connectivity index (χ1n) is 9.42. The van der Waals surface area contributed by atoms with Crippen LogP contribution in [0.3, 0.4) is 0 Å². The maximum Gasteiger partial charge on any atom is 0.242 e. The van der Waals surface area contributed by atoms with Crippen LogP contribution in [0.5, 0.6) is 0 Å². The summed E-state index contributed by atoms with van der Waals surface area (Å²) in [4.78, 5) is 23.5. The number of piperidine rings is 1. The summed E-state index contributed by atoms with van der Waals surface area (Å²) in [5.41, 5.74) is 1.95. The lowest BCUT2D eigenvalue weighted by molar-refractivity contribution is -0.133.